The van der Waals surface area contributed by atoms with Crippen molar-refractivity contribution in [1.82, 2.24) is 4.90 Å². The minimum atomic E-state index is -1.21. The number of fused-ring (bicyclic) bond motifs is 1. The van der Waals surface area contributed by atoms with E-state index >= 15 is 0 Å². The maximum absolute atomic E-state index is 14.2. The Hall–Kier alpha value is -4.27. The van der Waals surface area contributed by atoms with Gasteiger partial charge in [0.15, 0.2) is 29.6 Å². The first-order chi connectivity index (χ1) is 17.0. The monoisotopic (exact) mass is 481 g/mol. The van der Waals surface area contributed by atoms with E-state index in [0.717, 1.165) is 5.56 Å². The molecule has 1 heterocycles. The molecule has 4 rings (SSSR count). The summed E-state index contributed by atoms with van der Waals surface area (Å²) in [6.45, 7) is 0.135. The molecule has 0 aromatic heterocycles. The fraction of sp³-hybridized carbons (Fsp3) is 0.231. The standard InChI is InChI=1S/C26H24FNO7/c1-32-22-8-4-6-19(26(30)31)25(22)33-15-24(29)28(12-11-18-5-2-3-7-20(18)27)14-17-9-10-21-23(13-17)35-16-34-21/h2-10,13H,11-12,14-16H2,1H3,(H,30,31). The average Bonchev–Trinajstić information content (AvgIpc) is 3.33. The number of ether oxygens (including phenoxy) is 4. The summed E-state index contributed by atoms with van der Waals surface area (Å²) in [5.41, 5.74) is 1.15. The summed E-state index contributed by atoms with van der Waals surface area (Å²) < 4.78 is 35.8. The molecule has 0 unspecified atom stereocenters. The van der Waals surface area contributed by atoms with E-state index in [4.69, 9.17) is 18.9 Å². The predicted molar refractivity (Wildman–Crippen MR) is 124 cm³/mol. The summed E-state index contributed by atoms with van der Waals surface area (Å²) in [4.78, 5) is 26.3. The second-order valence-corrected chi connectivity index (χ2v) is 7.78. The van der Waals surface area contributed by atoms with Gasteiger partial charge in [0.25, 0.3) is 5.91 Å². The van der Waals surface area contributed by atoms with Crippen molar-refractivity contribution in [2.24, 2.45) is 0 Å². The number of para-hydroxylation sites is 1. The van der Waals surface area contributed by atoms with E-state index in [1.165, 1.54) is 30.2 Å². The van der Waals surface area contributed by atoms with Crippen LogP contribution in [0.2, 0.25) is 0 Å². The highest BCUT2D eigenvalue weighted by molar-refractivity contribution is 5.92. The molecule has 0 saturated heterocycles. The van der Waals surface area contributed by atoms with Gasteiger partial charge in [0, 0.05) is 13.1 Å². The molecular weight excluding hydrogens is 457 g/mol. The third-order valence-electron chi connectivity index (χ3n) is 5.54. The maximum Gasteiger partial charge on any atom is 0.339 e. The number of methoxy groups -OCH3 is 1. The lowest BCUT2D eigenvalue weighted by Crippen LogP contribution is -2.36. The van der Waals surface area contributed by atoms with Crippen molar-refractivity contribution in [3.63, 3.8) is 0 Å². The minimum Gasteiger partial charge on any atom is -0.493 e. The summed E-state index contributed by atoms with van der Waals surface area (Å²) in [6, 6.07) is 16.2. The average molecular weight is 481 g/mol. The molecule has 35 heavy (non-hydrogen) atoms. The lowest BCUT2D eigenvalue weighted by Gasteiger charge is -2.24. The lowest BCUT2D eigenvalue weighted by atomic mass is 10.1. The van der Waals surface area contributed by atoms with Crippen LogP contribution < -0.4 is 18.9 Å². The van der Waals surface area contributed by atoms with Crippen LogP contribution in [0.15, 0.2) is 60.7 Å². The molecule has 0 fully saturated rings. The van der Waals surface area contributed by atoms with Gasteiger partial charge in [0.2, 0.25) is 6.79 Å². The highest BCUT2D eigenvalue weighted by atomic mass is 19.1. The highest BCUT2D eigenvalue weighted by Crippen LogP contribution is 2.33. The maximum atomic E-state index is 14.2. The van der Waals surface area contributed by atoms with Crippen LogP contribution in [0.5, 0.6) is 23.0 Å². The molecule has 1 amide bonds. The molecule has 0 spiro atoms. The lowest BCUT2D eigenvalue weighted by molar-refractivity contribution is -0.134. The number of halogens is 1. The number of nitrogens with zero attached hydrogens (tertiary/aromatic N) is 1. The van der Waals surface area contributed by atoms with E-state index in [1.807, 2.05) is 6.07 Å². The smallest absolute Gasteiger partial charge is 0.339 e. The van der Waals surface area contributed by atoms with E-state index in [9.17, 15) is 19.1 Å². The number of carboxylic acids is 1. The fourth-order valence-electron chi connectivity index (χ4n) is 3.73. The third-order valence-corrected chi connectivity index (χ3v) is 5.54. The molecule has 0 saturated carbocycles. The third kappa shape index (κ3) is 5.63. The van der Waals surface area contributed by atoms with Crippen LogP contribution in [0.3, 0.4) is 0 Å². The number of carbonyl (C=O) groups excluding carboxylic acids is 1. The van der Waals surface area contributed by atoms with E-state index < -0.39 is 18.5 Å². The molecule has 3 aromatic carbocycles. The summed E-state index contributed by atoms with van der Waals surface area (Å²) in [6.07, 6.45) is 0.290. The number of rotatable bonds is 10. The van der Waals surface area contributed by atoms with Crippen molar-refractivity contribution >= 4 is 11.9 Å². The zero-order chi connectivity index (χ0) is 24.8. The van der Waals surface area contributed by atoms with Gasteiger partial charge in [-0.25, -0.2) is 9.18 Å². The number of carboxylic acid groups (broad SMARTS) is 1. The van der Waals surface area contributed by atoms with Crippen molar-refractivity contribution in [1.29, 1.82) is 0 Å². The molecule has 0 atom stereocenters. The molecule has 1 N–H and O–H groups in total. The number of amides is 1. The molecule has 1 aliphatic rings. The van der Waals surface area contributed by atoms with Gasteiger partial charge >= 0.3 is 5.97 Å². The Morgan fingerprint density at radius 3 is 2.63 bits per heavy atom. The topological polar surface area (TPSA) is 94.5 Å². The number of benzene rings is 3. The highest BCUT2D eigenvalue weighted by Gasteiger charge is 2.21. The van der Waals surface area contributed by atoms with Crippen molar-refractivity contribution in [2.45, 2.75) is 13.0 Å². The zero-order valence-electron chi connectivity index (χ0n) is 19.0. The molecule has 0 aliphatic carbocycles. The van der Waals surface area contributed by atoms with Gasteiger partial charge in [0.1, 0.15) is 11.4 Å². The van der Waals surface area contributed by atoms with E-state index in [1.54, 1.807) is 36.4 Å². The van der Waals surface area contributed by atoms with Crippen LogP contribution in [0.1, 0.15) is 21.5 Å². The van der Waals surface area contributed by atoms with Gasteiger partial charge in [-0.1, -0.05) is 30.3 Å². The Kier molecular flexibility index (Phi) is 7.35. The molecule has 3 aromatic rings. The SMILES string of the molecule is COc1cccc(C(=O)O)c1OCC(=O)N(CCc1ccccc1F)Cc1ccc2c(c1)OCO2. The number of hydrogen-bond donors (Lipinski definition) is 1. The molecule has 0 radical (unpaired) electrons. The summed E-state index contributed by atoms with van der Waals surface area (Å²) in [7, 11) is 1.38. The van der Waals surface area contributed by atoms with Crippen molar-refractivity contribution in [3.05, 3.63) is 83.2 Å². The van der Waals surface area contributed by atoms with Gasteiger partial charge < -0.3 is 29.0 Å². The van der Waals surface area contributed by atoms with Crippen LogP contribution in [0.4, 0.5) is 4.39 Å². The summed E-state index contributed by atoms with van der Waals surface area (Å²) in [5, 5.41) is 9.48. The van der Waals surface area contributed by atoms with Gasteiger partial charge in [-0.2, -0.15) is 0 Å². The van der Waals surface area contributed by atoms with E-state index in [2.05, 4.69) is 0 Å². The van der Waals surface area contributed by atoms with Crippen LogP contribution in [-0.4, -0.2) is 48.9 Å². The number of aromatic carboxylic acids is 1. The van der Waals surface area contributed by atoms with Crippen LogP contribution in [0, 0.1) is 5.82 Å². The first kappa shape index (κ1) is 23.9. The fourth-order valence-corrected chi connectivity index (χ4v) is 3.73. The van der Waals surface area contributed by atoms with Gasteiger partial charge in [0.05, 0.1) is 7.11 Å². The summed E-state index contributed by atoms with van der Waals surface area (Å²) >= 11 is 0. The zero-order valence-corrected chi connectivity index (χ0v) is 19.0. The normalized spacial score (nSPS) is 11.7. The van der Waals surface area contributed by atoms with Crippen LogP contribution in [-0.2, 0) is 17.8 Å². The van der Waals surface area contributed by atoms with E-state index in [-0.39, 0.29) is 49.2 Å². The molecule has 1 aliphatic heterocycles. The molecule has 8 nitrogen and oxygen atoms in total. The van der Waals surface area contributed by atoms with Gasteiger partial charge in [-0.15, -0.1) is 0 Å². The van der Waals surface area contributed by atoms with Crippen molar-refractivity contribution < 1.29 is 38.0 Å². The van der Waals surface area contributed by atoms with Gasteiger partial charge in [-0.05, 0) is 47.9 Å². The quantitative estimate of drug-likeness (QED) is 0.469. The van der Waals surface area contributed by atoms with Crippen LogP contribution in [0.25, 0.3) is 0 Å². The first-order valence-electron chi connectivity index (χ1n) is 10.9. The minimum absolute atomic E-state index is 0.0343. The van der Waals surface area contributed by atoms with Crippen molar-refractivity contribution in [2.75, 3.05) is 27.1 Å². The van der Waals surface area contributed by atoms with E-state index in [0.29, 0.717) is 17.1 Å². The Morgan fingerprint density at radius 2 is 1.86 bits per heavy atom. The summed E-state index contributed by atoms with van der Waals surface area (Å²) in [5.74, 6) is -0.581. The largest absolute Gasteiger partial charge is 0.493 e. The molecule has 0 bridgehead atoms. The Bertz CT molecular complexity index is 1230. The predicted octanol–water partition coefficient (Wildman–Crippen LogP) is 3.91. The number of hydrogen-bond acceptors (Lipinski definition) is 6. The Labute approximate surface area is 201 Å². The molecule has 182 valence electrons. The second-order valence-electron chi connectivity index (χ2n) is 7.78. The molecule has 9 heteroatoms. The Balaban J connectivity index is 1.53. The second kappa shape index (κ2) is 10.8. The first-order valence-corrected chi connectivity index (χ1v) is 10.9. The molecular formula is C26H24FNO7. The van der Waals surface area contributed by atoms with Crippen LogP contribution >= 0.6 is 0 Å². The Morgan fingerprint density at radius 1 is 1.06 bits per heavy atom. The number of carbonyl (C=O) groups is 2. The van der Waals surface area contributed by atoms with Gasteiger partial charge in [-0.3, -0.25) is 4.79 Å². The van der Waals surface area contributed by atoms with Crippen molar-refractivity contribution in [3.8, 4) is 23.0 Å².